The lowest BCUT2D eigenvalue weighted by Gasteiger charge is -2.21. The monoisotopic (exact) mass is 280 g/mol. The summed E-state index contributed by atoms with van der Waals surface area (Å²) in [6, 6.07) is 7.48. The van der Waals surface area contributed by atoms with E-state index in [1.54, 1.807) is 6.26 Å². The van der Waals surface area contributed by atoms with E-state index < -0.39 is 0 Å². The van der Waals surface area contributed by atoms with Crippen LogP contribution in [-0.4, -0.2) is 34.7 Å². The highest BCUT2D eigenvalue weighted by Crippen LogP contribution is 2.22. The third-order valence-electron chi connectivity index (χ3n) is 3.05. The molecule has 0 bridgehead atoms. The molecule has 0 spiro atoms. The first-order chi connectivity index (χ1) is 9.10. The fourth-order valence-electron chi connectivity index (χ4n) is 1.68. The molecule has 2 rings (SSSR count). The maximum Gasteiger partial charge on any atom is 0.226 e. The van der Waals surface area contributed by atoms with E-state index in [-0.39, 0.29) is 12.6 Å². The van der Waals surface area contributed by atoms with E-state index in [1.165, 1.54) is 0 Å². The van der Waals surface area contributed by atoms with Crippen molar-refractivity contribution in [2.75, 3.05) is 13.7 Å². The van der Waals surface area contributed by atoms with Gasteiger partial charge in [0.15, 0.2) is 0 Å². The molecule has 5 heteroatoms. The van der Waals surface area contributed by atoms with Crippen LogP contribution in [0.25, 0.3) is 11.5 Å². The van der Waals surface area contributed by atoms with Crippen LogP contribution in [0.5, 0.6) is 0 Å². The number of aromatic nitrogens is 1. The first kappa shape index (κ1) is 14.1. The maximum atomic E-state index is 9.10. The molecule has 0 amide bonds. The summed E-state index contributed by atoms with van der Waals surface area (Å²) in [5, 5.41) is 9.75. The van der Waals surface area contributed by atoms with E-state index in [4.69, 9.17) is 21.1 Å². The van der Waals surface area contributed by atoms with Crippen molar-refractivity contribution < 1.29 is 9.52 Å². The van der Waals surface area contributed by atoms with Gasteiger partial charge in [0, 0.05) is 23.2 Å². The van der Waals surface area contributed by atoms with Crippen LogP contribution in [0.4, 0.5) is 0 Å². The van der Waals surface area contributed by atoms with E-state index in [0.29, 0.717) is 17.5 Å². The molecule has 2 aromatic rings. The SMILES string of the molecule is CC(CO)N(C)Cc1coc(-c2cccc(Cl)c2)n1. The van der Waals surface area contributed by atoms with Crippen LogP contribution in [0.2, 0.25) is 5.02 Å². The molecule has 0 aliphatic carbocycles. The first-order valence-electron chi connectivity index (χ1n) is 6.11. The fraction of sp³-hybridized carbons (Fsp3) is 0.357. The first-order valence-corrected chi connectivity index (χ1v) is 6.49. The molecule has 0 radical (unpaired) electrons. The standard InChI is InChI=1S/C14H17ClN2O2/c1-10(8-18)17(2)7-13-9-19-14(16-13)11-4-3-5-12(15)6-11/h3-6,9-10,18H,7-8H2,1-2H3. The fourth-order valence-corrected chi connectivity index (χ4v) is 1.87. The lowest BCUT2D eigenvalue weighted by atomic mass is 10.2. The molecule has 0 saturated heterocycles. The van der Waals surface area contributed by atoms with Crippen LogP contribution in [0, 0.1) is 0 Å². The predicted octanol–water partition coefficient (Wildman–Crippen LogP) is 2.81. The highest BCUT2D eigenvalue weighted by molar-refractivity contribution is 6.30. The van der Waals surface area contributed by atoms with E-state index >= 15 is 0 Å². The Labute approximate surface area is 117 Å². The number of halogens is 1. The minimum atomic E-state index is 0.0892. The topological polar surface area (TPSA) is 49.5 Å². The largest absolute Gasteiger partial charge is 0.444 e. The van der Waals surface area contributed by atoms with Crippen LogP contribution in [0.15, 0.2) is 34.9 Å². The molecule has 19 heavy (non-hydrogen) atoms. The van der Waals surface area contributed by atoms with Gasteiger partial charge in [0.1, 0.15) is 6.26 Å². The minimum Gasteiger partial charge on any atom is -0.444 e. The minimum absolute atomic E-state index is 0.0892. The number of aliphatic hydroxyl groups is 1. The smallest absolute Gasteiger partial charge is 0.226 e. The molecular formula is C14H17ClN2O2. The second-order valence-corrected chi connectivity index (χ2v) is 5.04. The molecule has 1 unspecified atom stereocenters. The van der Waals surface area contributed by atoms with E-state index in [0.717, 1.165) is 11.3 Å². The van der Waals surface area contributed by atoms with Gasteiger partial charge in [0.05, 0.1) is 12.3 Å². The quantitative estimate of drug-likeness (QED) is 0.915. The Morgan fingerprint density at radius 2 is 2.26 bits per heavy atom. The molecular weight excluding hydrogens is 264 g/mol. The molecule has 0 aliphatic rings. The number of aliphatic hydroxyl groups excluding tert-OH is 1. The Balaban J connectivity index is 2.11. The van der Waals surface area contributed by atoms with Crippen molar-refractivity contribution in [2.24, 2.45) is 0 Å². The van der Waals surface area contributed by atoms with Crippen LogP contribution < -0.4 is 0 Å². The van der Waals surface area contributed by atoms with Crippen molar-refractivity contribution in [2.45, 2.75) is 19.5 Å². The van der Waals surface area contributed by atoms with E-state index in [2.05, 4.69) is 4.98 Å². The Morgan fingerprint density at radius 3 is 2.95 bits per heavy atom. The van der Waals surface area contributed by atoms with Gasteiger partial charge in [-0.1, -0.05) is 17.7 Å². The molecule has 102 valence electrons. The number of nitrogens with zero attached hydrogens (tertiary/aromatic N) is 2. The molecule has 0 aliphatic heterocycles. The predicted molar refractivity (Wildman–Crippen MR) is 75.0 cm³/mol. The third kappa shape index (κ3) is 3.56. The van der Waals surface area contributed by atoms with Crippen molar-refractivity contribution in [1.29, 1.82) is 0 Å². The number of hydrogen-bond donors (Lipinski definition) is 1. The average Bonchev–Trinajstić information content (AvgIpc) is 2.86. The van der Waals surface area contributed by atoms with Crippen molar-refractivity contribution >= 4 is 11.6 Å². The highest BCUT2D eigenvalue weighted by Gasteiger charge is 2.12. The van der Waals surface area contributed by atoms with Crippen molar-refractivity contribution in [3.05, 3.63) is 41.2 Å². The van der Waals surface area contributed by atoms with Gasteiger partial charge >= 0.3 is 0 Å². The molecule has 0 saturated carbocycles. The molecule has 1 N–H and O–H groups in total. The molecule has 1 heterocycles. The normalized spacial score (nSPS) is 12.9. The zero-order valence-corrected chi connectivity index (χ0v) is 11.8. The van der Waals surface area contributed by atoms with Crippen molar-refractivity contribution in [3.63, 3.8) is 0 Å². The summed E-state index contributed by atoms with van der Waals surface area (Å²) in [5.74, 6) is 0.558. The number of oxazole rings is 1. The molecule has 4 nitrogen and oxygen atoms in total. The summed E-state index contributed by atoms with van der Waals surface area (Å²) in [6.45, 7) is 2.71. The maximum absolute atomic E-state index is 9.10. The second-order valence-electron chi connectivity index (χ2n) is 4.60. The summed E-state index contributed by atoms with van der Waals surface area (Å²) in [5.41, 5.74) is 1.69. The molecule has 1 atom stereocenters. The van der Waals surface area contributed by atoms with Crippen LogP contribution in [-0.2, 0) is 6.54 Å². The Morgan fingerprint density at radius 1 is 1.47 bits per heavy atom. The van der Waals surface area contributed by atoms with Crippen molar-refractivity contribution in [1.82, 2.24) is 9.88 Å². The van der Waals surface area contributed by atoms with Gasteiger partial charge in [-0.05, 0) is 32.2 Å². The van der Waals surface area contributed by atoms with E-state index in [1.807, 2.05) is 43.1 Å². The van der Waals surface area contributed by atoms with Gasteiger partial charge in [0.2, 0.25) is 5.89 Å². The van der Waals surface area contributed by atoms with Gasteiger partial charge < -0.3 is 9.52 Å². The van der Waals surface area contributed by atoms with Crippen LogP contribution in [0.1, 0.15) is 12.6 Å². The average molecular weight is 281 g/mol. The number of likely N-dealkylation sites (N-methyl/N-ethyl adjacent to an activating group) is 1. The summed E-state index contributed by atoms with van der Waals surface area (Å²) in [4.78, 5) is 6.44. The van der Waals surface area contributed by atoms with Gasteiger partial charge in [-0.2, -0.15) is 0 Å². The Bertz CT molecular complexity index is 542. The number of hydrogen-bond acceptors (Lipinski definition) is 4. The number of benzene rings is 1. The Kier molecular flexibility index (Phi) is 4.58. The van der Waals surface area contributed by atoms with Gasteiger partial charge in [-0.15, -0.1) is 0 Å². The van der Waals surface area contributed by atoms with Gasteiger partial charge in [-0.25, -0.2) is 4.98 Å². The number of rotatable bonds is 5. The second kappa shape index (κ2) is 6.19. The van der Waals surface area contributed by atoms with Crippen LogP contribution >= 0.6 is 11.6 Å². The third-order valence-corrected chi connectivity index (χ3v) is 3.29. The summed E-state index contributed by atoms with van der Waals surface area (Å²) < 4.78 is 5.46. The zero-order chi connectivity index (χ0) is 13.8. The van der Waals surface area contributed by atoms with E-state index in [9.17, 15) is 0 Å². The van der Waals surface area contributed by atoms with Crippen molar-refractivity contribution in [3.8, 4) is 11.5 Å². The lowest BCUT2D eigenvalue weighted by molar-refractivity contribution is 0.153. The van der Waals surface area contributed by atoms with Gasteiger partial charge in [0.25, 0.3) is 0 Å². The summed E-state index contributed by atoms with van der Waals surface area (Å²) in [6.07, 6.45) is 1.64. The molecule has 0 fully saturated rings. The lowest BCUT2D eigenvalue weighted by Crippen LogP contribution is -2.31. The summed E-state index contributed by atoms with van der Waals surface area (Å²) >= 11 is 5.94. The zero-order valence-electron chi connectivity index (χ0n) is 11.0. The summed E-state index contributed by atoms with van der Waals surface area (Å²) in [7, 11) is 1.94. The Hall–Kier alpha value is -1.36. The van der Waals surface area contributed by atoms with Crippen LogP contribution in [0.3, 0.4) is 0 Å². The molecule has 1 aromatic carbocycles. The highest BCUT2D eigenvalue weighted by atomic mass is 35.5. The molecule has 1 aromatic heterocycles. The van der Waals surface area contributed by atoms with Gasteiger partial charge in [-0.3, -0.25) is 4.90 Å².